The second-order valence-electron chi connectivity index (χ2n) is 3.96. The van der Waals surface area contributed by atoms with Gasteiger partial charge in [0.1, 0.15) is 6.04 Å². The first-order chi connectivity index (χ1) is 9.00. The van der Waals surface area contributed by atoms with Gasteiger partial charge in [-0.05, 0) is 24.8 Å². The van der Waals surface area contributed by atoms with Gasteiger partial charge in [-0.2, -0.15) is 0 Å². The summed E-state index contributed by atoms with van der Waals surface area (Å²) < 4.78 is 0. The van der Waals surface area contributed by atoms with E-state index in [0.717, 1.165) is 0 Å². The molecule has 0 saturated heterocycles. The minimum Gasteiger partial charge on any atom is -0.480 e. The van der Waals surface area contributed by atoms with Crippen LogP contribution in [0.4, 0.5) is 0 Å². The van der Waals surface area contributed by atoms with Gasteiger partial charge in [0.2, 0.25) is 5.91 Å². The zero-order valence-electron chi connectivity index (χ0n) is 10.5. The summed E-state index contributed by atoms with van der Waals surface area (Å²) in [7, 11) is 0. The van der Waals surface area contributed by atoms with Crippen LogP contribution in [0, 0.1) is 0 Å². The Hall–Kier alpha value is -1.89. The van der Waals surface area contributed by atoms with Crippen LogP contribution in [-0.2, 0) is 9.59 Å². The SMILES string of the molecule is CC(NC(=O)CCCNC(=O)c1cccs1)C(=O)O. The van der Waals surface area contributed by atoms with E-state index in [1.807, 2.05) is 5.38 Å². The fourth-order valence-electron chi connectivity index (χ4n) is 1.32. The summed E-state index contributed by atoms with van der Waals surface area (Å²) in [5, 5.41) is 15.5. The van der Waals surface area contributed by atoms with Crippen molar-refractivity contribution in [3.63, 3.8) is 0 Å². The van der Waals surface area contributed by atoms with Gasteiger partial charge in [0.05, 0.1) is 4.88 Å². The third-order valence-corrected chi connectivity index (χ3v) is 3.23. The molecule has 1 aromatic rings. The Morgan fingerprint density at radius 3 is 2.74 bits per heavy atom. The fraction of sp³-hybridized carbons (Fsp3) is 0.417. The van der Waals surface area contributed by atoms with Crippen LogP contribution in [0.2, 0.25) is 0 Å². The van der Waals surface area contributed by atoms with Crippen LogP contribution in [-0.4, -0.2) is 35.5 Å². The molecule has 2 amide bonds. The molecule has 0 fully saturated rings. The number of hydrogen-bond acceptors (Lipinski definition) is 4. The third-order valence-electron chi connectivity index (χ3n) is 2.36. The van der Waals surface area contributed by atoms with Crippen LogP contribution in [0.1, 0.15) is 29.4 Å². The van der Waals surface area contributed by atoms with Crippen molar-refractivity contribution >= 4 is 29.1 Å². The maximum Gasteiger partial charge on any atom is 0.325 e. The van der Waals surface area contributed by atoms with E-state index >= 15 is 0 Å². The lowest BCUT2D eigenvalue weighted by Gasteiger charge is -2.09. The average molecular weight is 284 g/mol. The predicted molar refractivity (Wildman–Crippen MR) is 71.1 cm³/mol. The van der Waals surface area contributed by atoms with Crippen molar-refractivity contribution in [2.45, 2.75) is 25.8 Å². The zero-order valence-corrected chi connectivity index (χ0v) is 11.3. The Morgan fingerprint density at radius 1 is 1.42 bits per heavy atom. The maximum atomic E-state index is 11.5. The van der Waals surface area contributed by atoms with Crippen LogP contribution >= 0.6 is 11.3 Å². The normalized spacial score (nSPS) is 11.6. The highest BCUT2D eigenvalue weighted by Crippen LogP contribution is 2.07. The zero-order chi connectivity index (χ0) is 14.3. The van der Waals surface area contributed by atoms with Crippen molar-refractivity contribution in [1.82, 2.24) is 10.6 Å². The summed E-state index contributed by atoms with van der Waals surface area (Å²) in [6, 6.07) is 2.62. The average Bonchev–Trinajstić information content (AvgIpc) is 2.88. The number of aliphatic carboxylic acids is 1. The highest BCUT2D eigenvalue weighted by Gasteiger charge is 2.13. The van der Waals surface area contributed by atoms with Gasteiger partial charge in [0.25, 0.3) is 5.91 Å². The van der Waals surface area contributed by atoms with E-state index in [0.29, 0.717) is 17.8 Å². The number of carbonyl (C=O) groups excluding carboxylic acids is 2. The topological polar surface area (TPSA) is 95.5 Å². The summed E-state index contributed by atoms with van der Waals surface area (Å²) in [6.45, 7) is 1.78. The van der Waals surface area contributed by atoms with Gasteiger partial charge < -0.3 is 15.7 Å². The van der Waals surface area contributed by atoms with Crippen LogP contribution in [0.5, 0.6) is 0 Å². The molecule has 0 saturated carbocycles. The van der Waals surface area contributed by atoms with Gasteiger partial charge in [-0.25, -0.2) is 0 Å². The minimum atomic E-state index is -1.07. The van der Waals surface area contributed by atoms with E-state index in [1.165, 1.54) is 18.3 Å². The standard InChI is InChI=1S/C12H16N2O4S/c1-8(12(17)18)14-10(15)5-2-6-13-11(16)9-4-3-7-19-9/h3-4,7-8H,2,5-6H2,1H3,(H,13,16)(H,14,15)(H,17,18). The number of rotatable bonds is 7. The largest absolute Gasteiger partial charge is 0.480 e. The van der Waals surface area contributed by atoms with Gasteiger partial charge in [0, 0.05) is 13.0 Å². The second kappa shape index (κ2) is 7.52. The first kappa shape index (κ1) is 15.2. The van der Waals surface area contributed by atoms with Gasteiger partial charge in [-0.3, -0.25) is 14.4 Å². The molecule has 0 radical (unpaired) electrons. The van der Waals surface area contributed by atoms with Gasteiger partial charge >= 0.3 is 5.97 Å². The number of hydrogen-bond donors (Lipinski definition) is 3. The van der Waals surface area contributed by atoms with E-state index in [-0.39, 0.29) is 18.2 Å². The Balaban J connectivity index is 2.15. The maximum absolute atomic E-state index is 11.5. The van der Waals surface area contributed by atoms with E-state index in [4.69, 9.17) is 5.11 Å². The molecule has 3 N–H and O–H groups in total. The molecule has 1 rings (SSSR count). The Labute approximate surface area is 114 Å². The molecule has 0 bridgehead atoms. The molecule has 0 spiro atoms. The van der Waals surface area contributed by atoms with Crippen LogP contribution < -0.4 is 10.6 Å². The first-order valence-corrected chi connectivity index (χ1v) is 6.72. The molecule has 1 heterocycles. The van der Waals surface area contributed by atoms with Crippen molar-refractivity contribution in [2.75, 3.05) is 6.54 Å². The molecule has 0 aromatic carbocycles. The van der Waals surface area contributed by atoms with Gasteiger partial charge in [-0.15, -0.1) is 11.3 Å². The summed E-state index contributed by atoms with van der Waals surface area (Å²) in [6.07, 6.45) is 0.650. The fourth-order valence-corrected chi connectivity index (χ4v) is 1.96. The summed E-state index contributed by atoms with van der Waals surface area (Å²) in [5.74, 6) is -1.56. The number of amides is 2. The van der Waals surface area contributed by atoms with Crippen molar-refractivity contribution in [1.29, 1.82) is 0 Å². The van der Waals surface area contributed by atoms with E-state index in [9.17, 15) is 14.4 Å². The summed E-state index contributed by atoms with van der Waals surface area (Å²) in [4.78, 5) is 34.0. The molecule has 1 aromatic heterocycles. The van der Waals surface area contributed by atoms with Crippen LogP contribution in [0.15, 0.2) is 17.5 Å². The molecule has 1 atom stereocenters. The lowest BCUT2D eigenvalue weighted by molar-refractivity contribution is -0.141. The molecule has 7 heteroatoms. The molecule has 0 aliphatic rings. The lowest BCUT2D eigenvalue weighted by Crippen LogP contribution is -2.38. The van der Waals surface area contributed by atoms with E-state index in [2.05, 4.69) is 10.6 Å². The molecular weight excluding hydrogens is 268 g/mol. The molecule has 0 aliphatic carbocycles. The Kier molecular flexibility index (Phi) is 6.01. The van der Waals surface area contributed by atoms with Crippen LogP contribution in [0.3, 0.4) is 0 Å². The minimum absolute atomic E-state index is 0.158. The molecule has 19 heavy (non-hydrogen) atoms. The van der Waals surface area contributed by atoms with E-state index in [1.54, 1.807) is 12.1 Å². The summed E-state index contributed by atoms with van der Waals surface area (Å²) in [5.41, 5.74) is 0. The smallest absolute Gasteiger partial charge is 0.325 e. The molecular formula is C12H16N2O4S. The lowest BCUT2D eigenvalue weighted by atomic mass is 10.2. The highest BCUT2D eigenvalue weighted by molar-refractivity contribution is 7.12. The van der Waals surface area contributed by atoms with Gasteiger partial charge in [-0.1, -0.05) is 6.07 Å². The number of carboxylic acid groups (broad SMARTS) is 1. The molecule has 1 unspecified atom stereocenters. The van der Waals surface area contributed by atoms with Gasteiger partial charge in [0.15, 0.2) is 0 Å². The molecule has 6 nitrogen and oxygen atoms in total. The predicted octanol–water partition coefficient (Wildman–Crippen LogP) is 0.847. The van der Waals surface area contributed by atoms with Crippen molar-refractivity contribution < 1.29 is 19.5 Å². The Bertz CT molecular complexity index is 445. The number of thiophene rings is 1. The monoisotopic (exact) mass is 284 g/mol. The number of carbonyl (C=O) groups is 3. The van der Waals surface area contributed by atoms with Crippen molar-refractivity contribution in [3.8, 4) is 0 Å². The number of carboxylic acids is 1. The quantitative estimate of drug-likeness (QED) is 0.647. The Morgan fingerprint density at radius 2 is 2.16 bits per heavy atom. The molecule has 0 aliphatic heterocycles. The number of nitrogens with one attached hydrogen (secondary N) is 2. The third kappa shape index (κ3) is 5.52. The highest BCUT2D eigenvalue weighted by atomic mass is 32.1. The van der Waals surface area contributed by atoms with E-state index < -0.39 is 12.0 Å². The second-order valence-corrected chi connectivity index (χ2v) is 4.91. The van der Waals surface area contributed by atoms with Crippen molar-refractivity contribution in [2.24, 2.45) is 0 Å². The molecule has 104 valence electrons. The van der Waals surface area contributed by atoms with Crippen LogP contribution in [0.25, 0.3) is 0 Å². The first-order valence-electron chi connectivity index (χ1n) is 5.84. The summed E-state index contributed by atoms with van der Waals surface area (Å²) >= 11 is 1.35. The van der Waals surface area contributed by atoms with Crippen molar-refractivity contribution in [3.05, 3.63) is 22.4 Å².